The highest BCUT2D eigenvalue weighted by molar-refractivity contribution is 6.80. The molecule has 2 rings (SSSR count). The highest BCUT2D eigenvalue weighted by Crippen LogP contribution is 2.00. The van der Waals surface area contributed by atoms with Crippen molar-refractivity contribution < 1.29 is 4.65 Å². The van der Waals surface area contributed by atoms with Gasteiger partial charge >= 0.3 is 6.92 Å². The number of hydrogen-bond donors (Lipinski definition) is 1. The molecule has 0 unspecified atom stereocenters. The van der Waals surface area contributed by atoms with Crippen molar-refractivity contribution in [3.8, 4) is 0 Å². The van der Waals surface area contributed by atoms with Crippen LogP contribution in [0.5, 0.6) is 0 Å². The molecular formula is C20H28BNO. The van der Waals surface area contributed by atoms with Crippen LogP contribution in [-0.2, 0) is 11.1 Å². The lowest BCUT2D eigenvalue weighted by atomic mass is 9.55. The van der Waals surface area contributed by atoms with E-state index in [-0.39, 0.29) is 6.92 Å². The number of unbranched alkanes of at least 4 members (excludes halogenated alkanes) is 1. The van der Waals surface area contributed by atoms with Crippen molar-refractivity contribution >= 4 is 17.8 Å². The molecule has 0 aliphatic heterocycles. The van der Waals surface area contributed by atoms with Gasteiger partial charge < -0.3 is 9.97 Å². The number of benzene rings is 2. The molecule has 0 heterocycles. The van der Waals surface area contributed by atoms with E-state index >= 15 is 0 Å². The van der Waals surface area contributed by atoms with Gasteiger partial charge in [0.05, 0.1) is 0 Å². The van der Waals surface area contributed by atoms with E-state index in [1.54, 1.807) is 0 Å². The molecule has 0 aliphatic carbocycles. The smallest absolute Gasteiger partial charge is 0.361 e. The second-order valence-electron chi connectivity index (χ2n) is 5.86. The molecule has 23 heavy (non-hydrogen) atoms. The molecule has 0 atom stereocenters. The summed E-state index contributed by atoms with van der Waals surface area (Å²) in [6.07, 6.45) is 3.52. The van der Waals surface area contributed by atoms with E-state index in [1.807, 2.05) is 6.07 Å². The van der Waals surface area contributed by atoms with Gasteiger partial charge in [0.25, 0.3) is 0 Å². The van der Waals surface area contributed by atoms with Gasteiger partial charge in [-0.25, -0.2) is 0 Å². The predicted octanol–water partition coefficient (Wildman–Crippen LogP) is 2.76. The summed E-state index contributed by atoms with van der Waals surface area (Å²) >= 11 is 0. The third-order valence-electron chi connectivity index (χ3n) is 4.06. The second-order valence-corrected chi connectivity index (χ2v) is 5.86. The molecule has 2 nitrogen and oxygen atoms in total. The fraction of sp³-hybridized carbons (Fsp3) is 0.400. The summed E-state index contributed by atoms with van der Waals surface area (Å²) in [5.41, 5.74) is 3.80. The summed E-state index contributed by atoms with van der Waals surface area (Å²) in [6.45, 7) is 7.09. The first-order chi connectivity index (χ1) is 11.3. The number of aryl methyl sites for hydroxylation is 1. The summed E-state index contributed by atoms with van der Waals surface area (Å²) < 4.78 is 6.21. The van der Waals surface area contributed by atoms with Gasteiger partial charge in [0, 0.05) is 13.2 Å². The molecule has 0 saturated heterocycles. The van der Waals surface area contributed by atoms with Crippen LogP contribution < -0.4 is 16.2 Å². The summed E-state index contributed by atoms with van der Waals surface area (Å²) in [5.74, 6) is 0. The van der Waals surface area contributed by atoms with Crippen molar-refractivity contribution in [3.05, 3.63) is 60.2 Å². The Morgan fingerprint density at radius 3 is 2.22 bits per heavy atom. The lowest BCUT2D eigenvalue weighted by Crippen LogP contribution is -2.46. The van der Waals surface area contributed by atoms with E-state index in [2.05, 4.69) is 67.7 Å². The molecule has 0 fully saturated rings. The van der Waals surface area contributed by atoms with Crippen LogP contribution in [0.1, 0.15) is 32.3 Å². The second kappa shape index (κ2) is 10.2. The lowest BCUT2D eigenvalue weighted by Gasteiger charge is -2.16. The molecule has 0 aliphatic rings. The molecule has 0 bridgehead atoms. The van der Waals surface area contributed by atoms with Crippen molar-refractivity contribution in [1.29, 1.82) is 0 Å². The number of hydrogen-bond acceptors (Lipinski definition) is 2. The summed E-state index contributed by atoms with van der Waals surface area (Å²) in [7, 11) is 0. The maximum absolute atomic E-state index is 6.21. The van der Waals surface area contributed by atoms with E-state index in [1.165, 1.54) is 29.3 Å². The van der Waals surface area contributed by atoms with Gasteiger partial charge in [-0.15, -0.1) is 0 Å². The van der Waals surface area contributed by atoms with E-state index in [0.29, 0.717) is 0 Å². The average Bonchev–Trinajstić information content (AvgIpc) is 2.62. The van der Waals surface area contributed by atoms with Crippen LogP contribution in [0.4, 0.5) is 0 Å². The standard InChI is InChI=1S/C20H28BNO/c1-3-5-15-22-16-17-23-21(19-9-7-6-8-10-19)20-13-11-18(4-2)12-14-20/h6-14,22H,3-5,15-17H2,1-2H3. The molecule has 0 saturated carbocycles. The van der Waals surface area contributed by atoms with Gasteiger partial charge in [-0.3, -0.25) is 0 Å². The van der Waals surface area contributed by atoms with Crippen LogP contribution in [0.15, 0.2) is 54.6 Å². The Labute approximate surface area is 141 Å². The molecule has 0 aromatic heterocycles. The zero-order chi connectivity index (χ0) is 16.3. The Hall–Kier alpha value is -1.58. The zero-order valence-corrected chi connectivity index (χ0v) is 14.4. The molecule has 1 N–H and O–H groups in total. The third-order valence-corrected chi connectivity index (χ3v) is 4.06. The number of nitrogens with one attached hydrogen (secondary N) is 1. The van der Waals surface area contributed by atoms with Crippen molar-refractivity contribution in [2.45, 2.75) is 33.1 Å². The first kappa shape index (κ1) is 17.8. The van der Waals surface area contributed by atoms with Crippen molar-refractivity contribution in [2.75, 3.05) is 19.7 Å². The molecule has 2 aromatic rings. The van der Waals surface area contributed by atoms with Gasteiger partial charge in [0.15, 0.2) is 0 Å². The first-order valence-corrected chi connectivity index (χ1v) is 8.81. The Morgan fingerprint density at radius 2 is 1.57 bits per heavy atom. The quantitative estimate of drug-likeness (QED) is 0.538. The minimum absolute atomic E-state index is 0.00933. The Kier molecular flexibility index (Phi) is 7.92. The Bertz CT molecular complexity index is 541. The summed E-state index contributed by atoms with van der Waals surface area (Å²) in [5, 5.41) is 3.44. The van der Waals surface area contributed by atoms with Crippen molar-refractivity contribution in [1.82, 2.24) is 5.32 Å². The highest BCUT2D eigenvalue weighted by atomic mass is 16.4. The SMILES string of the molecule is CCCCNCCOB(c1ccccc1)c1ccc(CC)cc1. The summed E-state index contributed by atoms with van der Waals surface area (Å²) in [4.78, 5) is 0. The largest absolute Gasteiger partial charge is 0.426 e. The van der Waals surface area contributed by atoms with E-state index in [4.69, 9.17) is 4.65 Å². The highest BCUT2D eigenvalue weighted by Gasteiger charge is 2.20. The average molecular weight is 309 g/mol. The maximum atomic E-state index is 6.21. The molecular weight excluding hydrogens is 281 g/mol. The van der Waals surface area contributed by atoms with Crippen molar-refractivity contribution in [3.63, 3.8) is 0 Å². The first-order valence-electron chi connectivity index (χ1n) is 8.81. The van der Waals surface area contributed by atoms with Gasteiger partial charge in [-0.1, -0.05) is 74.9 Å². The lowest BCUT2D eigenvalue weighted by molar-refractivity contribution is 0.328. The van der Waals surface area contributed by atoms with Gasteiger partial charge in [-0.05, 0) is 35.9 Å². The van der Waals surface area contributed by atoms with Crippen LogP contribution in [0.25, 0.3) is 0 Å². The van der Waals surface area contributed by atoms with Crippen LogP contribution in [0.2, 0.25) is 0 Å². The fourth-order valence-electron chi connectivity index (χ4n) is 2.62. The van der Waals surface area contributed by atoms with Crippen LogP contribution in [-0.4, -0.2) is 26.6 Å². The van der Waals surface area contributed by atoms with E-state index in [9.17, 15) is 0 Å². The summed E-state index contributed by atoms with van der Waals surface area (Å²) in [6, 6.07) is 19.3. The third kappa shape index (κ3) is 5.85. The molecule has 0 amide bonds. The molecule has 122 valence electrons. The normalized spacial score (nSPS) is 10.7. The monoisotopic (exact) mass is 309 g/mol. The topological polar surface area (TPSA) is 21.3 Å². The van der Waals surface area contributed by atoms with Crippen molar-refractivity contribution in [2.24, 2.45) is 0 Å². The van der Waals surface area contributed by atoms with E-state index < -0.39 is 0 Å². The van der Waals surface area contributed by atoms with Crippen LogP contribution in [0.3, 0.4) is 0 Å². The van der Waals surface area contributed by atoms with Gasteiger partial charge in [0.1, 0.15) is 0 Å². The van der Waals surface area contributed by atoms with Gasteiger partial charge in [0.2, 0.25) is 0 Å². The molecule has 3 heteroatoms. The number of rotatable bonds is 10. The van der Waals surface area contributed by atoms with Crippen LogP contribution in [0, 0.1) is 0 Å². The fourth-order valence-corrected chi connectivity index (χ4v) is 2.62. The predicted molar refractivity (Wildman–Crippen MR) is 101 cm³/mol. The van der Waals surface area contributed by atoms with Gasteiger partial charge in [-0.2, -0.15) is 0 Å². The minimum Gasteiger partial charge on any atom is -0.426 e. The zero-order valence-electron chi connectivity index (χ0n) is 14.4. The maximum Gasteiger partial charge on any atom is 0.361 e. The minimum atomic E-state index is 0.00933. The molecule has 0 radical (unpaired) electrons. The molecule has 2 aromatic carbocycles. The Balaban J connectivity index is 2.00. The van der Waals surface area contributed by atoms with E-state index in [0.717, 1.165) is 26.1 Å². The van der Waals surface area contributed by atoms with Crippen LogP contribution >= 0.6 is 0 Å². The molecule has 0 spiro atoms. The Morgan fingerprint density at radius 1 is 0.870 bits per heavy atom.